The average Bonchev–Trinajstić information content (AvgIpc) is 2.93. The van der Waals surface area contributed by atoms with Crippen molar-refractivity contribution in [1.29, 1.82) is 0 Å². The molecule has 0 spiro atoms. The molecule has 7 heteroatoms. The molecular formula is C13H16ClN3O2S. The summed E-state index contributed by atoms with van der Waals surface area (Å²) >= 11 is 10.9. The van der Waals surface area contributed by atoms with E-state index in [1.165, 1.54) is 12.3 Å². The molecular weight excluding hydrogens is 298 g/mol. The molecule has 1 saturated heterocycles. The van der Waals surface area contributed by atoms with E-state index in [-0.39, 0.29) is 11.9 Å². The number of rotatable bonds is 4. The Balaban J connectivity index is 1.77. The molecule has 1 heterocycles. The maximum Gasteiger partial charge on any atom is 0.187 e. The van der Waals surface area contributed by atoms with Crippen LogP contribution in [0.1, 0.15) is 18.4 Å². The van der Waals surface area contributed by atoms with E-state index in [1.807, 2.05) is 0 Å². The Hall–Kier alpha value is -1.37. The third-order valence-corrected chi connectivity index (χ3v) is 3.34. The number of phenols is 1. The van der Waals surface area contributed by atoms with Gasteiger partial charge in [0.15, 0.2) is 5.11 Å². The third-order valence-electron chi connectivity index (χ3n) is 2.87. The minimum Gasteiger partial charge on any atom is -0.507 e. The fourth-order valence-corrected chi connectivity index (χ4v) is 2.16. The lowest BCUT2D eigenvalue weighted by molar-refractivity contribution is 0.114. The van der Waals surface area contributed by atoms with Crippen LogP contribution in [0.25, 0.3) is 0 Å². The lowest BCUT2D eigenvalue weighted by atomic mass is 10.2. The van der Waals surface area contributed by atoms with Gasteiger partial charge in [0.2, 0.25) is 0 Å². The first-order valence-corrected chi connectivity index (χ1v) is 7.11. The Labute approximate surface area is 128 Å². The molecule has 1 aliphatic heterocycles. The van der Waals surface area contributed by atoms with E-state index in [0.29, 0.717) is 22.2 Å². The van der Waals surface area contributed by atoms with Crippen LogP contribution >= 0.6 is 23.8 Å². The summed E-state index contributed by atoms with van der Waals surface area (Å²) in [7, 11) is 0. The summed E-state index contributed by atoms with van der Waals surface area (Å²) in [6, 6.07) is 4.73. The second kappa shape index (κ2) is 7.42. The minimum absolute atomic E-state index is 0.109. The van der Waals surface area contributed by atoms with Gasteiger partial charge in [-0.05, 0) is 43.3 Å². The highest BCUT2D eigenvalue weighted by atomic mass is 35.5. The molecule has 1 aliphatic rings. The van der Waals surface area contributed by atoms with Crippen molar-refractivity contribution in [3.63, 3.8) is 0 Å². The van der Waals surface area contributed by atoms with Crippen LogP contribution in [0, 0.1) is 0 Å². The number of hydrogen-bond acceptors (Lipinski definition) is 4. The number of thiocarbonyl (C=S) groups is 1. The quantitative estimate of drug-likeness (QED) is 0.451. The molecule has 0 aliphatic carbocycles. The number of hydrazone groups is 1. The molecule has 1 aromatic rings. The number of hydrogen-bond donors (Lipinski definition) is 3. The van der Waals surface area contributed by atoms with E-state index in [9.17, 15) is 5.11 Å². The van der Waals surface area contributed by atoms with Crippen LogP contribution in [0.5, 0.6) is 5.75 Å². The molecule has 2 rings (SSSR count). The monoisotopic (exact) mass is 313 g/mol. The molecule has 1 atom stereocenters. The maximum atomic E-state index is 9.60. The lowest BCUT2D eigenvalue weighted by Gasteiger charge is -2.11. The average molecular weight is 314 g/mol. The highest BCUT2D eigenvalue weighted by molar-refractivity contribution is 7.80. The van der Waals surface area contributed by atoms with Gasteiger partial charge in [-0.2, -0.15) is 5.10 Å². The van der Waals surface area contributed by atoms with E-state index < -0.39 is 0 Å². The van der Waals surface area contributed by atoms with Crippen molar-refractivity contribution in [2.45, 2.75) is 18.9 Å². The number of aromatic hydroxyl groups is 1. The van der Waals surface area contributed by atoms with Gasteiger partial charge >= 0.3 is 0 Å². The Morgan fingerprint density at radius 3 is 3.20 bits per heavy atom. The summed E-state index contributed by atoms with van der Waals surface area (Å²) in [5.41, 5.74) is 3.20. The Bertz CT molecular complexity index is 504. The first-order chi connectivity index (χ1) is 9.65. The predicted octanol–water partition coefficient (Wildman–Crippen LogP) is 2.02. The lowest BCUT2D eigenvalue weighted by Crippen LogP contribution is -2.37. The van der Waals surface area contributed by atoms with E-state index in [2.05, 4.69) is 15.8 Å². The number of phenolic OH excluding ortho intramolecular Hbond substituents is 1. The molecule has 0 aromatic heterocycles. The molecule has 20 heavy (non-hydrogen) atoms. The molecule has 0 bridgehead atoms. The van der Waals surface area contributed by atoms with Gasteiger partial charge < -0.3 is 15.2 Å². The van der Waals surface area contributed by atoms with Gasteiger partial charge in [-0.1, -0.05) is 11.6 Å². The number of nitrogens with zero attached hydrogens (tertiary/aromatic N) is 1. The minimum atomic E-state index is 0.109. The summed E-state index contributed by atoms with van der Waals surface area (Å²) in [5.74, 6) is 0.109. The fourth-order valence-electron chi connectivity index (χ4n) is 1.84. The van der Waals surface area contributed by atoms with Gasteiger partial charge in [-0.15, -0.1) is 0 Å². The summed E-state index contributed by atoms with van der Waals surface area (Å²) < 4.78 is 5.47. The number of benzene rings is 1. The van der Waals surface area contributed by atoms with Crippen LogP contribution in [0.15, 0.2) is 23.3 Å². The Kier molecular flexibility index (Phi) is 5.58. The molecule has 5 nitrogen and oxygen atoms in total. The third kappa shape index (κ3) is 4.63. The van der Waals surface area contributed by atoms with E-state index in [1.54, 1.807) is 12.1 Å². The first kappa shape index (κ1) is 15.0. The topological polar surface area (TPSA) is 65.9 Å². The molecule has 0 radical (unpaired) electrons. The van der Waals surface area contributed by atoms with Crippen molar-refractivity contribution in [3.05, 3.63) is 28.8 Å². The predicted molar refractivity (Wildman–Crippen MR) is 83.4 cm³/mol. The molecule has 0 unspecified atom stereocenters. The zero-order valence-electron chi connectivity index (χ0n) is 10.8. The van der Waals surface area contributed by atoms with Crippen molar-refractivity contribution in [3.8, 4) is 5.75 Å². The number of nitrogens with one attached hydrogen (secondary N) is 2. The van der Waals surface area contributed by atoms with Crippen LogP contribution in [-0.2, 0) is 4.74 Å². The van der Waals surface area contributed by atoms with Crippen LogP contribution in [0.4, 0.5) is 0 Å². The zero-order valence-corrected chi connectivity index (χ0v) is 12.4. The van der Waals surface area contributed by atoms with E-state index >= 15 is 0 Å². The van der Waals surface area contributed by atoms with Crippen LogP contribution < -0.4 is 10.7 Å². The first-order valence-electron chi connectivity index (χ1n) is 6.32. The van der Waals surface area contributed by atoms with Crippen LogP contribution in [0.3, 0.4) is 0 Å². The summed E-state index contributed by atoms with van der Waals surface area (Å²) in [5, 5.41) is 17.5. The Morgan fingerprint density at radius 2 is 2.45 bits per heavy atom. The van der Waals surface area contributed by atoms with Crippen molar-refractivity contribution in [2.75, 3.05) is 13.2 Å². The molecule has 1 aromatic carbocycles. The highest BCUT2D eigenvalue weighted by Crippen LogP contribution is 2.19. The smallest absolute Gasteiger partial charge is 0.187 e. The normalized spacial score (nSPS) is 18.4. The number of halogens is 1. The fraction of sp³-hybridized carbons (Fsp3) is 0.385. The molecule has 0 saturated carbocycles. The second-order valence-electron chi connectivity index (χ2n) is 4.42. The standard InChI is InChI=1S/C13H16ClN3O2S/c14-10-3-4-12(18)9(6-10)7-16-17-13(20)15-8-11-2-1-5-19-11/h3-4,6-7,11,18H,1-2,5,8H2,(H2,15,17,20)/b16-7+/t11-/m1/s1. The van der Waals surface area contributed by atoms with Crippen molar-refractivity contribution >= 4 is 35.1 Å². The molecule has 108 valence electrons. The maximum absolute atomic E-state index is 9.60. The molecule has 3 N–H and O–H groups in total. The number of ether oxygens (including phenoxy) is 1. The second-order valence-corrected chi connectivity index (χ2v) is 5.26. The van der Waals surface area contributed by atoms with Crippen LogP contribution in [0.2, 0.25) is 5.02 Å². The van der Waals surface area contributed by atoms with E-state index in [4.69, 9.17) is 28.6 Å². The molecule has 1 fully saturated rings. The summed E-state index contributed by atoms with van der Waals surface area (Å²) in [6.07, 6.45) is 3.82. The van der Waals surface area contributed by atoms with Gasteiger partial charge in [0.05, 0.1) is 12.3 Å². The SMILES string of the molecule is Oc1ccc(Cl)cc1/C=N/NC(=S)NC[C@H]1CCCO1. The Morgan fingerprint density at radius 1 is 1.60 bits per heavy atom. The van der Waals surface area contributed by atoms with Gasteiger partial charge in [-0.25, -0.2) is 0 Å². The summed E-state index contributed by atoms with van der Waals surface area (Å²) in [4.78, 5) is 0. The largest absolute Gasteiger partial charge is 0.507 e. The van der Waals surface area contributed by atoms with E-state index in [0.717, 1.165) is 19.4 Å². The van der Waals surface area contributed by atoms with Crippen molar-refractivity contribution in [1.82, 2.24) is 10.7 Å². The van der Waals surface area contributed by atoms with Crippen LogP contribution in [-0.4, -0.2) is 35.7 Å². The molecule has 0 amide bonds. The highest BCUT2D eigenvalue weighted by Gasteiger charge is 2.14. The van der Waals surface area contributed by atoms with Gasteiger partial charge in [-0.3, -0.25) is 5.43 Å². The zero-order chi connectivity index (χ0) is 14.4. The van der Waals surface area contributed by atoms with Crippen molar-refractivity contribution < 1.29 is 9.84 Å². The summed E-state index contributed by atoms with van der Waals surface area (Å²) in [6.45, 7) is 1.49. The van der Waals surface area contributed by atoms with Gasteiger partial charge in [0.1, 0.15) is 5.75 Å². The van der Waals surface area contributed by atoms with Gasteiger partial charge in [0.25, 0.3) is 0 Å². The van der Waals surface area contributed by atoms with Gasteiger partial charge in [0, 0.05) is 23.7 Å². The van der Waals surface area contributed by atoms with Crippen molar-refractivity contribution in [2.24, 2.45) is 5.10 Å².